The van der Waals surface area contributed by atoms with Crippen LogP contribution in [0.4, 0.5) is 0 Å². The smallest absolute Gasteiger partial charge is 0.304 e. The quantitative estimate of drug-likeness (QED) is 0.716. The van der Waals surface area contributed by atoms with Gasteiger partial charge >= 0.3 is 5.97 Å². The Labute approximate surface area is 104 Å². The van der Waals surface area contributed by atoms with E-state index in [2.05, 4.69) is 9.82 Å². The van der Waals surface area contributed by atoms with E-state index in [4.69, 9.17) is 16.9 Å². The molecule has 5 heteroatoms. The van der Waals surface area contributed by atoms with Crippen LogP contribution in [-0.4, -0.2) is 22.1 Å². The number of H-pyrrole nitrogens is 1. The lowest BCUT2D eigenvalue weighted by molar-refractivity contribution is -0.137. The highest BCUT2D eigenvalue weighted by Crippen LogP contribution is 2.19. The Morgan fingerprint density at radius 2 is 2.24 bits per heavy atom. The van der Waals surface area contributed by atoms with Gasteiger partial charge in [0, 0.05) is 23.1 Å². The molecule has 2 rings (SSSR count). The van der Waals surface area contributed by atoms with E-state index in [0.29, 0.717) is 6.42 Å². The van der Waals surface area contributed by atoms with Crippen LogP contribution in [0.2, 0.25) is 0 Å². The maximum Gasteiger partial charge on any atom is 0.304 e. The van der Waals surface area contributed by atoms with Crippen LogP contribution in [0.3, 0.4) is 0 Å². The van der Waals surface area contributed by atoms with Crippen LogP contribution in [-0.2, 0) is 11.2 Å². The number of hydrogen-bond donors (Lipinski definition) is 3. The minimum Gasteiger partial charge on any atom is -0.481 e. The van der Waals surface area contributed by atoms with Gasteiger partial charge < -0.3 is 10.1 Å². The van der Waals surface area contributed by atoms with Gasteiger partial charge in [-0.2, -0.15) is 0 Å². The molecule has 0 aliphatic heterocycles. The largest absolute Gasteiger partial charge is 0.481 e. The van der Waals surface area contributed by atoms with Crippen LogP contribution in [0.25, 0.3) is 10.9 Å². The molecule has 1 heterocycles. The van der Waals surface area contributed by atoms with Crippen molar-refractivity contribution in [2.24, 2.45) is 0 Å². The average molecular weight is 253 g/mol. The lowest BCUT2D eigenvalue weighted by atomic mass is 10.0. The van der Waals surface area contributed by atoms with Crippen LogP contribution in [0.15, 0.2) is 30.5 Å². The predicted octanol–water partition coefficient (Wildman–Crippen LogP) is 2.30. The summed E-state index contributed by atoms with van der Waals surface area (Å²) in [6.07, 6.45) is 2.48. The van der Waals surface area contributed by atoms with Crippen molar-refractivity contribution in [3.05, 3.63) is 36.0 Å². The van der Waals surface area contributed by atoms with Gasteiger partial charge in [-0.3, -0.25) is 4.79 Å². The fourth-order valence-corrected chi connectivity index (χ4v) is 2.08. The van der Waals surface area contributed by atoms with Crippen molar-refractivity contribution in [3.63, 3.8) is 0 Å². The van der Waals surface area contributed by atoms with E-state index in [1.165, 1.54) is 0 Å². The highest BCUT2D eigenvalue weighted by atomic mass is 35.5. The van der Waals surface area contributed by atoms with Crippen molar-refractivity contribution in [2.75, 3.05) is 0 Å². The number of rotatable bonds is 5. The number of carboxylic acid groups (broad SMARTS) is 1. The average Bonchev–Trinajstić information content (AvgIpc) is 2.71. The summed E-state index contributed by atoms with van der Waals surface area (Å²) in [7, 11) is 0. The van der Waals surface area contributed by atoms with Crippen molar-refractivity contribution in [3.8, 4) is 0 Å². The third kappa shape index (κ3) is 2.78. The molecule has 1 atom stereocenters. The third-order valence-electron chi connectivity index (χ3n) is 2.72. The Balaban J connectivity index is 2.19. The van der Waals surface area contributed by atoms with Gasteiger partial charge in [0.2, 0.25) is 0 Å². The number of carboxylic acids is 1. The molecular weight excluding hydrogens is 240 g/mol. The summed E-state index contributed by atoms with van der Waals surface area (Å²) < 4.78 is 0. The van der Waals surface area contributed by atoms with E-state index in [1.807, 2.05) is 30.5 Å². The molecule has 0 saturated carbocycles. The molecule has 3 N–H and O–H groups in total. The first-order chi connectivity index (χ1) is 8.20. The highest BCUT2D eigenvalue weighted by Gasteiger charge is 2.14. The second-order valence-electron chi connectivity index (χ2n) is 3.97. The molecule has 0 aliphatic carbocycles. The summed E-state index contributed by atoms with van der Waals surface area (Å²) in [6.45, 7) is 0. The van der Waals surface area contributed by atoms with Crippen LogP contribution in [0, 0.1) is 0 Å². The van der Waals surface area contributed by atoms with Gasteiger partial charge in [0.1, 0.15) is 0 Å². The zero-order chi connectivity index (χ0) is 12.3. The molecule has 0 bridgehead atoms. The summed E-state index contributed by atoms with van der Waals surface area (Å²) in [5.74, 6) is -0.858. The topological polar surface area (TPSA) is 65.1 Å². The Morgan fingerprint density at radius 1 is 1.47 bits per heavy atom. The molecule has 90 valence electrons. The lowest BCUT2D eigenvalue weighted by Crippen LogP contribution is -2.26. The number of para-hydroxylation sites is 1. The Morgan fingerprint density at radius 3 is 2.94 bits per heavy atom. The number of aliphatic carboxylic acids is 1. The lowest BCUT2D eigenvalue weighted by Gasteiger charge is -2.11. The van der Waals surface area contributed by atoms with Crippen LogP contribution in [0.1, 0.15) is 12.0 Å². The monoisotopic (exact) mass is 252 g/mol. The van der Waals surface area contributed by atoms with Crippen molar-refractivity contribution in [1.82, 2.24) is 9.82 Å². The van der Waals surface area contributed by atoms with Gasteiger partial charge in [-0.15, -0.1) is 0 Å². The molecule has 0 spiro atoms. The normalized spacial score (nSPS) is 12.8. The maximum absolute atomic E-state index is 10.7. The summed E-state index contributed by atoms with van der Waals surface area (Å²) in [5, 5.41) is 9.86. The number of carbonyl (C=O) groups is 1. The number of aromatic amines is 1. The fraction of sp³-hybridized carbons (Fsp3) is 0.250. The number of nitrogens with one attached hydrogen (secondary N) is 2. The van der Waals surface area contributed by atoms with Crippen LogP contribution in [0.5, 0.6) is 0 Å². The molecule has 4 nitrogen and oxygen atoms in total. The SMILES string of the molecule is O=C(O)C[C@H](Cc1c[nH]c2ccccc12)NCl. The first-order valence-electron chi connectivity index (χ1n) is 5.33. The maximum atomic E-state index is 10.7. The standard InChI is InChI=1S/C12H13ClN2O2/c13-15-9(6-12(16)17)5-8-7-14-11-4-2-1-3-10(8)11/h1-4,7,9,14-15H,5-6H2,(H,16,17)/t9-/m0/s1. The van der Waals surface area contributed by atoms with E-state index >= 15 is 0 Å². The van der Waals surface area contributed by atoms with E-state index in [1.54, 1.807) is 0 Å². The molecule has 2 aromatic rings. The number of fused-ring (bicyclic) bond motifs is 1. The number of halogens is 1. The second kappa shape index (κ2) is 5.21. The molecule has 1 aromatic heterocycles. The number of aromatic nitrogens is 1. The van der Waals surface area contributed by atoms with Crippen LogP contribution >= 0.6 is 11.8 Å². The summed E-state index contributed by atoms with van der Waals surface area (Å²) in [4.78, 5) is 16.3. The summed E-state index contributed by atoms with van der Waals surface area (Å²) >= 11 is 5.56. The van der Waals surface area contributed by atoms with Crippen LogP contribution < -0.4 is 4.84 Å². The molecule has 1 aromatic carbocycles. The number of benzene rings is 1. The molecule has 0 amide bonds. The molecule has 0 saturated heterocycles. The molecule has 0 aliphatic rings. The van der Waals surface area contributed by atoms with E-state index in [0.717, 1.165) is 16.5 Å². The fourth-order valence-electron chi connectivity index (χ4n) is 1.93. The molecule has 0 radical (unpaired) electrons. The Kier molecular flexibility index (Phi) is 3.66. The van der Waals surface area contributed by atoms with E-state index in [-0.39, 0.29) is 12.5 Å². The van der Waals surface area contributed by atoms with Crippen molar-refractivity contribution in [1.29, 1.82) is 0 Å². The van der Waals surface area contributed by atoms with Crippen molar-refractivity contribution < 1.29 is 9.90 Å². The summed E-state index contributed by atoms with van der Waals surface area (Å²) in [6, 6.07) is 7.64. The van der Waals surface area contributed by atoms with Crippen molar-refractivity contribution >= 4 is 28.6 Å². The Hall–Kier alpha value is -1.52. The zero-order valence-electron chi connectivity index (χ0n) is 9.11. The third-order valence-corrected chi connectivity index (χ3v) is 3.03. The molecular formula is C12H13ClN2O2. The van der Waals surface area contributed by atoms with E-state index in [9.17, 15) is 4.79 Å². The first kappa shape index (κ1) is 12.0. The molecule has 0 fully saturated rings. The van der Waals surface area contributed by atoms with E-state index < -0.39 is 5.97 Å². The number of hydrogen-bond acceptors (Lipinski definition) is 2. The highest BCUT2D eigenvalue weighted by molar-refractivity contribution is 6.13. The minimum atomic E-state index is -0.858. The van der Waals surface area contributed by atoms with Gasteiger partial charge in [-0.1, -0.05) is 18.2 Å². The van der Waals surface area contributed by atoms with Crippen molar-refractivity contribution in [2.45, 2.75) is 18.9 Å². The predicted molar refractivity (Wildman–Crippen MR) is 67.0 cm³/mol. The van der Waals surface area contributed by atoms with Gasteiger partial charge in [-0.25, -0.2) is 4.84 Å². The zero-order valence-corrected chi connectivity index (χ0v) is 9.87. The van der Waals surface area contributed by atoms with Gasteiger partial charge in [0.05, 0.1) is 6.42 Å². The minimum absolute atomic E-state index is 0.00298. The van der Waals surface area contributed by atoms with Gasteiger partial charge in [-0.05, 0) is 29.8 Å². The summed E-state index contributed by atoms with van der Waals surface area (Å²) in [5.41, 5.74) is 2.12. The van der Waals surface area contributed by atoms with Gasteiger partial charge in [0.15, 0.2) is 0 Å². The van der Waals surface area contributed by atoms with Gasteiger partial charge in [0.25, 0.3) is 0 Å². The Bertz CT molecular complexity index is 524. The second-order valence-corrected chi connectivity index (χ2v) is 4.19. The molecule has 17 heavy (non-hydrogen) atoms. The first-order valence-corrected chi connectivity index (χ1v) is 5.71. The molecule has 0 unspecified atom stereocenters.